The van der Waals surface area contributed by atoms with Gasteiger partial charge in [0.25, 0.3) is 0 Å². The molecule has 0 amide bonds. The quantitative estimate of drug-likeness (QED) is 0.616. The molecule has 0 aliphatic heterocycles. The van der Waals surface area contributed by atoms with Gasteiger partial charge < -0.3 is 15.8 Å². The van der Waals surface area contributed by atoms with Crippen molar-refractivity contribution in [3.05, 3.63) is 16.8 Å². The Morgan fingerprint density at radius 2 is 2.00 bits per heavy atom. The van der Waals surface area contributed by atoms with Crippen LogP contribution in [0.3, 0.4) is 0 Å². The van der Waals surface area contributed by atoms with E-state index in [4.69, 9.17) is 18.0 Å². The standard InChI is InChI=1S/C11H15F3N4OS/c1-6-7(2)17-18-10(8(6)9(15)20)16-3-4-19-5-11(12,13)14/h3-5H2,1-2H3,(H2,15,20)(H,16,18). The summed E-state index contributed by atoms with van der Waals surface area (Å²) in [5.74, 6) is 0.344. The van der Waals surface area contributed by atoms with Gasteiger partial charge >= 0.3 is 6.18 Å². The number of nitrogens with zero attached hydrogens (tertiary/aromatic N) is 2. The van der Waals surface area contributed by atoms with Crippen molar-refractivity contribution >= 4 is 23.0 Å². The number of nitrogens with two attached hydrogens (primary N) is 1. The first-order valence-electron chi connectivity index (χ1n) is 5.74. The van der Waals surface area contributed by atoms with Crippen molar-refractivity contribution in [1.82, 2.24) is 10.2 Å². The van der Waals surface area contributed by atoms with Crippen LogP contribution in [0.2, 0.25) is 0 Å². The van der Waals surface area contributed by atoms with E-state index in [0.29, 0.717) is 17.1 Å². The molecule has 0 spiro atoms. The minimum atomic E-state index is -4.33. The van der Waals surface area contributed by atoms with Gasteiger partial charge in [0.1, 0.15) is 11.6 Å². The van der Waals surface area contributed by atoms with Gasteiger partial charge in [-0.1, -0.05) is 12.2 Å². The average Bonchev–Trinajstić information content (AvgIpc) is 2.31. The number of aryl methyl sites for hydroxylation is 1. The second-order valence-electron chi connectivity index (χ2n) is 4.09. The van der Waals surface area contributed by atoms with Crippen molar-refractivity contribution in [1.29, 1.82) is 0 Å². The lowest BCUT2D eigenvalue weighted by Crippen LogP contribution is -2.22. The maximum absolute atomic E-state index is 11.9. The van der Waals surface area contributed by atoms with E-state index in [1.165, 1.54) is 0 Å². The van der Waals surface area contributed by atoms with Crippen molar-refractivity contribution < 1.29 is 17.9 Å². The predicted octanol–water partition coefficient (Wildman–Crippen LogP) is 1.72. The van der Waals surface area contributed by atoms with E-state index in [9.17, 15) is 13.2 Å². The lowest BCUT2D eigenvalue weighted by atomic mass is 10.1. The molecule has 5 nitrogen and oxygen atoms in total. The van der Waals surface area contributed by atoms with E-state index in [2.05, 4.69) is 20.3 Å². The minimum absolute atomic E-state index is 0.120. The van der Waals surface area contributed by atoms with Crippen molar-refractivity contribution in [2.45, 2.75) is 20.0 Å². The fourth-order valence-electron chi connectivity index (χ4n) is 1.46. The molecule has 0 atom stereocenters. The Morgan fingerprint density at radius 3 is 2.55 bits per heavy atom. The number of hydrogen-bond acceptors (Lipinski definition) is 5. The van der Waals surface area contributed by atoms with Gasteiger partial charge in [0, 0.05) is 6.54 Å². The molecule has 0 saturated heterocycles. The maximum Gasteiger partial charge on any atom is 0.411 e. The van der Waals surface area contributed by atoms with E-state index >= 15 is 0 Å². The van der Waals surface area contributed by atoms with Gasteiger partial charge in [-0.2, -0.15) is 18.3 Å². The number of rotatable bonds is 6. The molecule has 112 valence electrons. The Balaban J connectivity index is 2.61. The van der Waals surface area contributed by atoms with Crippen molar-refractivity contribution in [3.8, 4) is 0 Å². The molecular weight excluding hydrogens is 293 g/mol. The van der Waals surface area contributed by atoms with Crippen LogP contribution in [0.5, 0.6) is 0 Å². The second kappa shape index (κ2) is 6.80. The number of halogens is 3. The molecule has 0 aliphatic rings. The highest BCUT2D eigenvalue weighted by Gasteiger charge is 2.27. The molecular formula is C11H15F3N4OS. The van der Waals surface area contributed by atoms with Gasteiger partial charge in [-0.05, 0) is 19.4 Å². The lowest BCUT2D eigenvalue weighted by Gasteiger charge is -2.13. The van der Waals surface area contributed by atoms with Crippen LogP contribution >= 0.6 is 12.2 Å². The first-order valence-corrected chi connectivity index (χ1v) is 6.15. The Labute approximate surface area is 119 Å². The molecule has 1 heterocycles. The summed E-state index contributed by atoms with van der Waals surface area (Å²) < 4.78 is 40.1. The predicted molar refractivity (Wildman–Crippen MR) is 72.8 cm³/mol. The highest BCUT2D eigenvalue weighted by atomic mass is 32.1. The van der Waals surface area contributed by atoms with Crippen LogP contribution in [0.1, 0.15) is 16.8 Å². The van der Waals surface area contributed by atoms with Crippen LogP contribution in [0.4, 0.5) is 19.0 Å². The number of hydrogen-bond donors (Lipinski definition) is 2. The third kappa shape index (κ3) is 4.89. The Bertz CT molecular complexity index is 493. The van der Waals surface area contributed by atoms with Crippen molar-refractivity contribution in [2.24, 2.45) is 5.73 Å². The van der Waals surface area contributed by atoms with Crippen LogP contribution in [0, 0.1) is 13.8 Å². The number of ether oxygens (including phenoxy) is 1. The SMILES string of the molecule is Cc1nnc(NCCOCC(F)(F)F)c(C(N)=S)c1C. The van der Waals surface area contributed by atoms with Crippen LogP contribution in [0.25, 0.3) is 0 Å². The number of thiocarbonyl (C=S) groups is 1. The zero-order valence-corrected chi connectivity index (χ0v) is 11.9. The van der Waals surface area contributed by atoms with Gasteiger partial charge in [-0.15, -0.1) is 5.10 Å². The zero-order valence-electron chi connectivity index (χ0n) is 11.0. The third-order valence-corrected chi connectivity index (χ3v) is 2.71. The van der Waals surface area contributed by atoms with Crippen LogP contribution in [-0.2, 0) is 4.74 Å². The van der Waals surface area contributed by atoms with Crippen molar-refractivity contribution in [2.75, 3.05) is 25.1 Å². The molecule has 0 bridgehead atoms. The Hall–Kier alpha value is -1.48. The van der Waals surface area contributed by atoms with Crippen LogP contribution < -0.4 is 11.1 Å². The summed E-state index contributed by atoms with van der Waals surface area (Å²) in [5.41, 5.74) is 7.63. The highest BCUT2D eigenvalue weighted by molar-refractivity contribution is 7.80. The second-order valence-corrected chi connectivity index (χ2v) is 4.53. The van der Waals surface area contributed by atoms with Gasteiger partial charge in [0.05, 0.1) is 17.9 Å². The molecule has 3 N–H and O–H groups in total. The molecule has 0 radical (unpaired) electrons. The summed E-state index contributed by atoms with van der Waals surface area (Å²) >= 11 is 4.94. The summed E-state index contributed by atoms with van der Waals surface area (Å²) in [6, 6.07) is 0. The highest BCUT2D eigenvalue weighted by Crippen LogP contribution is 2.18. The summed E-state index contributed by atoms with van der Waals surface area (Å²) in [4.78, 5) is 0.152. The maximum atomic E-state index is 11.9. The van der Waals surface area contributed by atoms with Crippen LogP contribution in [-0.4, -0.2) is 41.1 Å². The first kappa shape index (κ1) is 16.6. The smallest absolute Gasteiger partial charge is 0.389 e. The van der Waals surface area contributed by atoms with Crippen LogP contribution in [0.15, 0.2) is 0 Å². The topological polar surface area (TPSA) is 73.1 Å². The van der Waals surface area contributed by atoms with Crippen molar-refractivity contribution in [3.63, 3.8) is 0 Å². The van der Waals surface area contributed by atoms with Gasteiger partial charge in [-0.3, -0.25) is 0 Å². The largest absolute Gasteiger partial charge is 0.411 e. The molecule has 0 aromatic carbocycles. The summed E-state index contributed by atoms with van der Waals surface area (Å²) in [6.45, 7) is 2.30. The fourth-order valence-corrected chi connectivity index (χ4v) is 1.71. The molecule has 20 heavy (non-hydrogen) atoms. The number of nitrogens with one attached hydrogen (secondary N) is 1. The van der Waals surface area contributed by atoms with Gasteiger partial charge in [0.2, 0.25) is 0 Å². The number of anilines is 1. The Morgan fingerprint density at radius 1 is 1.35 bits per heavy atom. The lowest BCUT2D eigenvalue weighted by molar-refractivity contribution is -0.172. The summed E-state index contributed by atoms with van der Waals surface area (Å²) in [6.07, 6.45) is -4.33. The monoisotopic (exact) mass is 308 g/mol. The molecule has 0 aliphatic carbocycles. The minimum Gasteiger partial charge on any atom is -0.389 e. The normalized spacial score (nSPS) is 11.4. The molecule has 1 rings (SSSR count). The third-order valence-electron chi connectivity index (χ3n) is 2.51. The van der Waals surface area contributed by atoms with E-state index in [1.807, 2.05) is 0 Å². The van der Waals surface area contributed by atoms with Gasteiger partial charge in [-0.25, -0.2) is 0 Å². The average molecular weight is 308 g/mol. The van der Waals surface area contributed by atoms with E-state index in [0.717, 1.165) is 5.56 Å². The number of alkyl halides is 3. The van der Waals surface area contributed by atoms with Gasteiger partial charge in [0.15, 0.2) is 5.82 Å². The molecule has 1 aromatic heterocycles. The molecule has 0 fully saturated rings. The molecule has 9 heteroatoms. The molecule has 1 aromatic rings. The van der Waals surface area contributed by atoms with E-state index in [1.54, 1.807) is 13.8 Å². The zero-order chi connectivity index (χ0) is 15.3. The van der Waals surface area contributed by atoms with E-state index < -0.39 is 12.8 Å². The Kier molecular flexibility index (Phi) is 5.63. The molecule has 0 unspecified atom stereocenters. The number of aromatic nitrogens is 2. The molecule has 0 saturated carbocycles. The fraction of sp³-hybridized carbons (Fsp3) is 0.545. The first-order chi connectivity index (χ1) is 9.22. The van der Waals surface area contributed by atoms with E-state index in [-0.39, 0.29) is 18.1 Å². The summed E-state index contributed by atoms with van der Waals surface area (Å²) in [5, 5.41) is 10.6. The summed E-state index contributed by atoms with van der Waals surface area (Å²) in [7, 11) is 0.